The standard InChI is InChI=1S/C23H20N4O.C12H14N2.C10H8N4O/c1-16(17-5-7-19(8-6-17)23(14-25)9-10-23)11-20(28)13-27-15-26-21-4-2-3-18(12-24)22(21)27;1-9(14)10-2-4-11(5-3-10)12(8-13)6-7-12;11-4-7-2-1-3-8-10(7)14(6-13-8)5-9(12)15/h2-8,15-16H,9-11,13H2,1H3;2-5,9H,6-7,14H2,1H3;1-3,6H,5H2,(H2,12,15). The van der Waals surface area contributed by atoms with Crippen molar-refractivity contribution in [3.8, 4) is 24.3 Å². The van der Waals surface area contributed by atoms with E-state index in [1.165, 1.54) is 6.33 Å². The summed E-state index contributed by atoms with van der Waals surface area (Å²) in [6.07, 6.45) is 7.41. The van der Waals surface area contributed by atoms with E-state index >= 15 is 0 Å². The van der Waals surface area contributed by atoms with Gasteiger partial charge in [-0.2, -0.15) is 21.0 Å². The molecule has 8 rings (SSSR count). The normalized spacial score (nSPS) is 15.1. The van der Waals surface area contributed by atoms with Gasteiger partial charge in [0, 0.05) is 12.5 Å². The van der Waals surface area contributed by atoms with Crippen molar-refractivity contribution in [2.24, 2.45) is 11.5 Å². The first-order valence-electron chi connectivity index (χ1n) is 18.7. The fourth-order valence-corrected chi connectivity index (χ4v) is 6.97. The number of amides is 1. The summed E-state index contributed by atoms with van der Waals surface area (Å²) < 4.78 is 3.34. The summed E-state index contributed by atoms with van der Waals surface area (Å²) in [6, 6.07) is 35.9. The van der Waals surface area contributed by atoms with E-state index in [2.05, 4.69) is 34.2 Å². The molecule has 4 aromatic carbocycles. The van der Waals surface area contributed by atoms with E-state index in [9.17, 15) is 20.1 Å². The van der Waals surface area contributed by atoms with Crippen molar-refractivity contribution in [3.63, 3.8) is 0 Å². The Kier molecular flexibility index (Phi) is 11.6. The van der Waals surface area contributed by atoms with Crippen LogP contribution < -0.4 is 11.5 Å². The second kappa shape index (κ2) is 16.7. The number of nitrogens with two attached hydrogens (primary N) is 2. The molecule has 6 aromatic rings. The molecule has 2 heterocycles. The number of aromatic nitrogens is 4. The number of carbonyl (C=O) groups excluding carboxylic acids is 2. The Morgan fingerprint density at radius 3 is 1.51 bits per heavy atom. The number of hydrogen-bond acceptors (Lipinski definition) is 9. The molecule has 0 saturated heterocycles. The lowest BCUT2D eigenvalue weighted by Gasteiger charge is -2.14. The van der Waals surface area contributed by atoms with Crippen LogP contribution in [0.25, 0.3) is 22.1 Å². The molecule has 0 radical (unpaired) electrons. The van der Waals surface area contributed by atoms with Crippen molar-refractivity contribution in [2.45, 2.75) is 81.8 Å². The maximum absolute atomic E-state index is 12.6. The zero-order chi connectivity index (χ0) is 40.7. The molecular weight excluding hydrogens is 713 g/mol. The van der Waals surface area contributed by atoms with Crippen molar-refractivity contribution >= 4 is 33.8 Å². The second-order valence-electron chi connectivity index (χ2n) is 14.8. The molecule has 2 fully saturated rings. The van der Waals surface area contributed by atoms with Crippen molar-refractivity contribution in [1.82, 2.24) is 19.1 Å². The van der Waals surface area contributed by atoms with Gasteiger partial charge in [0.15, 0.2) is 5.78 Å². The van der Waals surface area contributed by atoms with Gasteiger partial charge in [-0.15, -0.1) is 0 Å². The molecule has 2 aliphatic carbocycles. The van der Waals surface area contributed by atoms with Crippen molar-refractivity contribution in [1.29, 1.82) is 21.0 Å². The van der Waals surface area contributed by atoms with E-state index in [0.29, 0.717) is 34.1 Å². The van der Waals surface area contributed by atoms with Crippen LogP contribution in [0.5, 0.6) is 0 Å². The minimum Gasteiger partial charge on any atom is -0.368 e. The molecule has 4 N–H and O–H groups in total. The molecule has 0 aliphatic heterocycles. The third-order valence-corrected chi connectivity index (χ3v) is 10.7. The average Bonchev–Trinajstić information content (AvgIpc) is 4.14. The molecule has 2 unspecified atom stereocenters. The van der Waals surface area contributed by atoms with Crippen LogP contribution in [0.1, 0.15) is 91.3 Å². The van der Waals surface area contributed by atoms with Gasteiger partial charge in [-0.25, -0.2) is 9.97 Å². The van der Waals surface area contributed by atoms with Gasteiger partial charge in [0.2, 0.25) is 5.91 Å². The quantitative estimate of drug-likeness (QED) is 0.149. The van der Waals surface area contributed by atoms with Gasteiger partial charge in [0.25, 0.3) is 0 Å². The number of Topliss-reactive ketones (excluding diaryl/α,β-unsaturated/α-hetero) is 1. The summed E-state index contributed by atoms with van der Waals surface area (Å²) in [7, 11) is 0. The zero-order valence-electron chi connectivity index (χ0n) is 31.9. The maximum atomic E-state index is 12.6. The highest BCUT2D eigenvalue weighted by Crippen LogP contribution is 2.48. The first-order valence-corrected chi connectivity index (χ1v) is 18.7. The summed E-state index contributed by atoms with van der Waals surface area (Å²) in [5, 5.41) is 36.6. The van der Waals surface area contributed by atoms with Crippen LogP contribution in [0.15, 0.2) is 97.6 Å². The van der Waals surface area contributed by atoms with E-state index in [1.807, 2.05) is 68.4 Å². The van der Waals surface area contributed by atoms with Crippen LogP contribution in [-0.2, 0) is 33.5 Å². The third-order valence-electron chi connectivity index (χ3n) is 10.7. The maximum Gasteiger partial charge on any atom is 0.237 e. The number of para-hydroxylation sites is 2. The average molecular weight is 755 g/mol. The van der Waals surface area contributed by atoms with E-state index < -0.39 is 5.91 Å². The Balaban J connectivity index is 0.000000159. The Morgan fingerprint density at radius 2 is 1.12 bits per heavy atom. The number of nitrogens with zero attached hydrogens (tertiary/aromatic N) is 8. The molecule has 12 nitrogen and oxygen atoms in total. The number of carbonyl (C=O) groups is 2. The number of primary amides is 1. The van der Waals surface area contributed by atoms with Gasteiger partial charge in [0.05, 0.1) is 75.4 Å². The van der Waals surface area contributed by atoms with E-state index in [-0.39, 0.29) is 41.7 Å². The first kappa shape index (κ1) is 39.6. The van der Waals surface area contributed by atoms with Crippen LogP contribution >= 0.6 is 0 Å². The molecule has 0 spiro atoms. The second-order valence-corrected chi connectivity index (χ2v) is 14.8. The Bertz CT molecular complexity index is 2600. The lowest BCUT2D eigenvalue weighted by atomic mass is 9.91. The fourth-order valence-electron chi connectivity index (χ4n) is 6.97. The number of nitriles is 4. The SMILES string of the molecule is CC(CC(=O)Cn1cnc2cccc(C#N)c21)c1ccc(C2(C#N)CC2)cc1.CC(N)c1ccc(C2(C#N)CC2)cc1.N#Cc1cccc2ncn(CC(N)=O)c12. The number of hydrogen-bond donors (Lipinski definition) is 2. The molecule has 1 amide bonds. The molecule has 2 saturated carbocycles. The van der Waals surface area contributed by atoms with Crippen LogP contribution in [0.2, 0.25) is 0 Å². The molecule has 2 aliphatic rings. The number of imidazole rings is 2. The topological polar surface area (TPSA) is 217 Å². The Morgan fingerprint density at radius 1 is 0.684 bits per heavy atom. The molecule has 57 heavy (non-hydrogen) atoms. The van der Waals surface area contributed by atoms with Gasteiger partial charge in [0.1, 0.15) is 18.7 Å². The molecule has 12 heteroatoms. The van der Waals surface area contributed by atoms with Crippen molar-refractivity contribution < 1.29 is 9.59 Å². The summed E-state index contributed by atoms with van der Waals surface area (Å²) in [5.74, 6) is -0.273. The largest absolute Gasteiger partial charge is 0.368 e. The Labute approximate surface area is 331 Å². The predicted octanol–water partition coefficient (Wildman–Crippen LogP) is 6.88. The van der Waals surface area contributed by atoms with Crippen LogP contribution in [0.3, 0.4) is 0 Å². The fraction of sp³-hybridized carbons (Fsp3) is 0.289. The monoisotopic (exact) mass is 754 g/mol. The van der Waals surface area contributed by atoms with Crippen LogP contribution in [-0.4, -0.2) is 30.8 Å². The van der Waals surface area contributed by atoms with Gasteiger partial charge >= 0.3 is 0 Å². The first-order chi connectivity index (χ1) is 27.5. The summed E-state index contributed by atoms with van der Waals surface area (Å²) in [4.78, 5) is 31.8. The van der Waals surface area contributed by atoms with Crippen LogP contribution in [0.4, 0.5) is 0 Å². The lowest BCUT2D eigenvalue weighted by Crippen LogP contribution is -2.18. The van der Waals surface area contributed by atoms with E-state index in [0.717, 1.165) is 53.5 Å². The summed E-state index contributed by atoms with van der Waals surface area (Å²) in [5.41, 5.74) is 18.6. The minimum absolute atomic E-state index is 0.0369. The molecule has 0 bridgehead atoms. The number of benzene rings is 4. The highest BCUT2D eigenvalue weighted by atomic mass is 16.1. The molecule has 2 atom stereocenters. The highest BCUT2D eigenvalue weighted by Gasteiger charge is 2.45. The molecule has 284 valence electrons. The van der Waals surface area contributed by atoms with Gasteiger partial charge in [-0.3, -0.25) is 9.59 Å². The van der Waals surface area contributed by atoms with E-state index in [1.54, 1.807) is 45.8 Å². The number of rotatable bonds is 10. The predicted molar refractivity (Wildman–Crippen MR) is 215 cm³/mol. The lowest BCUT2D eigenvalue weighted by molar-refractivity contribution is -0.120. The minimum atomic E-state index is -0.456. The highest BCUT2D eigenvalue weighted by molar-refractivity contribution is 5.86. The van der Waals surface area contributed by atoms with Crippen molar-refractivity contribution in [2.75, 3.05) is 0 Å². The van der Waals surface area contributed by atoms with Crippen LogP contribution in [0, 0.1) is 45.3 Å². The van der Waals surface area contributed by atoms with E-state index in [4.69, 9.17) is 22.0 Å². The number of ketones is 1. The smallest absolute Gasteiger partial charge is 0.237 e. The summed E-state index contributed by atoms with van der Waals surface area (Å²) in [6.45, 7) is 4.24. The van der Waals surface area contributed by atoms with Crippen molar-refractivity contribution in [3.05, 3.63) is 131 Å². The van der Waals surface area contributed by atoms with Gasteiger partial charge < -0.3 is 20.6 Å². The number of fused-ring (bicyclic) bond motifs is 2. The van der Waals surface area contributed by atoms with Gasteiger partial charge in [-0.05, 0) is 85.0 Å². The Hall–Kier alpha value is -7.12. The molecule has 2 aromatic heterocycles. The third kappa shape index (κ3) is 8.74. The zero-order valence-corrected chi connectivity index (χ0v) is 31.9. The summed E-state index contributed by atoms with van der Waals surface area (Å²) >= 11 is 0. The van der Waals surface area contributed by atoms with Gasteiger partial charge in [-0.1, -0.05) is 67.6 Å². The molecular formula is C45H42N10O2.